The van der Waals surface area contributed by atoms with Crippen LogP contribution in [0.4, 0.5) is 0 Å². The van der Waals surface area contributed by atoms with Gasteiger partial charge in [0.1, 0.15) is 24.2 Å². The minimum atomic E-state index is 0.0724. The number of rotatable bonds is 6. The van der Waals surface area contributed by atoms with E-state index in [0.29, 0.717) is 6.61 Å². The van der Waals surface area contributed by atoms with E-state index in [9.17, 15) is 0 Å². The molecule has 0 spiro atoms. The number of ether oxygens (including phenoxy) is 1. The topological polar surface area (TPSA) is 34.4 Å². The Hall–Kier alpha value is -0.140. The summed E-state index contributed by atoms with van der Waals surface area (Å²) in [5, 5.41) is 3.45. The molecule has 1 N–H and O–H groups in total. The van der Waals surface area contributed by atoms with Gasteiger partial charge in [0.05, 0.1) is 3.79 Å². The van der Waals surface area contributed by atoms with E-state index >= 15 is 0 Å². The summed E-state index contributed by atoms with van der Waals surface area (Å²) in [5.74, 6) is 1.75. The highest BCUT2D eigenvalue weighted by Crippen LogP contribution is 2.38. The lowest BCUT2D eigenvalue weighted by Gasteiger charge is -2.13. The molecule has 104 valence electrons. The normalized spacial score (nSPS) is 12.8. The van der Waals surface area contributed by atoms with Crippen LogP contribution in [-0.2, 0) is 11.3 Å². The molecule has 2 heterocycles. The van der Waals surface area contributed by atoms with Crippen LogP contribution >= 0.6 is 43.2 Å². The summed E-state index contributed by atoms with van der Waals surface area (Å²) < 4.78 is 13.1. The molecule has 0 amide bonds. The van der Waals surface area contributed by atoms with Crippen molar-refractivity contribution < 1.29 is 9.15 Å². The third-order valence-electron chi connectivity index (χ3n) is 2.61. The van der Waals surface area contributed by atoms with E-state index in [-0.39, 0.29) is 6.04 Å². The monoisotopic (exact) mass is 407 g/mol. The average molecular weight is 409 g/mol. The molecule has 2 aromatic heterocycles. The van der Waals surface area contributed by atoms with Gasteiger partial charge in [-0.05, 0) is 56.6 Å². The Morgan fingerprint density at radius 3 is 2.79 bits per heavy atom. The molecule has 0 saturated carbocycles. The van der Waals surface area contributed by atoms with Crippen molar-refractivity contribution in [2.24, 2.45) is 0 Å². The largest absolute Gasteiger partial charge is 0.462 e. The molecule has 2 rings (SSSR count). The Kier molecular flexibility index (Phi) is 5.65. The first kappa shape index (κ1) is 15.3. The van der Waals surface area contributed by atoms with Gasteiger partial charge in [0.25, 0.3) is 0 Å². The van der Waals surface area contributed by atoms with Crippen LogP contribution in [0.2, 0.25) is 0 Å². The maximum absolute atomic E-state index is 5.83. The summed E-state index contributed by atoms with van der Waals surface area (Å²) >= 11 is 8.75. The zero-order chi connectivity index (χ0) is 13.8. The van der Waals surface area contributed by atoms with E-state index in [1.54, 1.807) is 18.4 Å². The summed E-state index contributed by atoms with van der Waals surface area (Å²) in [6.45, 7) is 3.46. The number of nitrogens with one attached hydrogen (secondary N) is 1. The van der Waals surface area contributed by atoms with Gasteiger partial charge in [0.2, 0.25) is 0 Å². The second-order valence-electron chi connectivity index (χ2n) is 4.00. The van der Waals surface area contributed by atoms with Crippen molar-refractivity contribution in [3.05, 3.63) is 42.9 Å². The lowest BCUT2D eigenvalue weighted by Crippen LogP contribution is -2.20. The van der Waals surface area contributed by atoms with E-state index in [1.165, 1.54) is 4.88 Å². The van der Waals surface area contributed by atoms with E-state index in [4.69, 9.17) is 9.15 Å². The van der Waals surface area contributed by atoms with Crippen molar-refractivity contribution in [3.63, 3.8) is 0 Å². The van der Waals surface area contributed by atoms with E-state index in [2.05, 4.69) is 50.2 Å². The highest BCUT2D eigenvalue weighted by Gasteiger charge is 2.20. The Morgan fingerprint density at radius 1 is 1.42 bits per heavy atom. The van der Waals surface area contributed by atoms with Crippen LogP contribution in [0.15, 0.2) is 30.9 Å². The molecule has 1 atom stereocenters. The number of hydrogen-bond donors (Lipinski definition) is 1. The molecule has 0 radical (unpaired) electrons. The Labute approximate surface area is 133 Å². The van der Waals surface area contributed by atoms with E-state index < -0.39 is 0 Å². The van der Waals surface area contributed by atoms with Gasteiger partial charge in [-0.3, -0.25) is 0 Å². The second kappa shape index (κ2) is 7.04. The molecule has 0 aliphatic heterocycles. The van der Waals surface area contributed by atoms with Crippen LogP contribution in [0, 0.1) is 0 Å². The zero-order valence-electron chi connectivity index (χ0n) is 10.7. The first-order valence-electron chi connectivity index (χ1n) is 5.91. The molecule has 19 heavy (non-hydrogen) atoms. The Bertz CT molecular complexity index is 519. The number of halogens is 2. The second-order valence-corrected chi connectivity index (χ2v) is 7.25. The fraction of sp³-hybridized carbons (Fsp3) is 0.385. The summed E-state index contributed by atoms with van der Waals surface area (Å²) in [6, 6.07) is 6.15. The van der Waals surface area contributed by atoms with Crippen molar-refractivity contribution in [1.29, 1.82) is 0 Å². The molecule has 0 fully saturated rings. The summed E-state index contributed by atoms with van der Waals surface area (Å²) in [7, 11) is 1.66. The van der Waals surface area contributed by atoms with Crippen LogP contribution in [0.25, 0.3) is 0 Å². The van der Waals surface area contributed by atoms with Gasteiger partial charge in [0, 0.05) is 16.5 Å². The van der Waals surface area contributed by atoms with Crippen molar-refractivity contribution in [1.82, 2.24) is 5.32 Å². The number of hydrogen-bond acceptors (Lipinski definition) is 4. The van der Waals surface area contributed by atoms with Gasteiger partial charge in [0.15, 0.2) is 0 Å². The average Bonchev–Trinajstić information content (AvgIpc) is 2.95. The SMILES string of the molecule is CCNC(c1ccc(COC)o1)c1cc(Br)c(Br)s1. The van der Waals surface area contributed by atoms with Gasteiger partial charge >= 0.3 is 0 Å². The molecular weight excluding hydrogens is 394 g/mol. The molecule has 0 bridgehead atoms. The number of methoxy groups -OCH3 is 1. The minimum Gasteiger partial charge on any atom is -0.462 e. The van der Waals surface area contributed by atoms with Crippen molar-refractivity contribution in [2.75, 3.05) is 13.7 Å². The smallest absolute Gasteiger partial charge is 0.129 e. The Morgan fingerprint density at radius 2 is 2.21 bits per heavy atom. The van der Waals surface area contributed by atoms with Crippen LogP contribution in [0.3, 0.4) is 0 Å². The van der Waals surface area contributed by atoms with E-state index in [0.717, 1.165) is 26.3 Å². The van der Waals surface area contributed by atoms with Crippen molar-refractivity contribution in [3.8, 4) is 0 Å². The van der Waals surface area contributed by atoms with Gasteiger partial charge in [-0.1, -0.05) is 6.92 Å². The molecular formula is C13H15Br2NO2S. The zero-order valence-corrected chi connectivity index (χ0v) is 14.7. The fourth-order valence-corrected chi connectivity index (χ4v) is 3.99. The predicted octanol–water partition coefficient (Wildman–Crippen LogP) is 4.71. The fourth-order valence-electron chi connectivity index (χ4n) is 1.82. The molecule has 3 nitrogen and oxygen atoms in total. The maximum atomic E-state index is 5.83. The molecule has 0 aromatic carbocycles. The third-order valence-corrected chi connectivity index (χ3v) is 5.93. The standard InChI is InChI=1S/C13H15Br2NO2S/c1-3-16-12(11-6-9(14)13(15)19-11)10-5-4-8(18-10)7-17-2/h4-6,12,16H,3,7H2,1-2H3. The summed E-state index contributed by atoms with van der Waals surface area (Å²) in [6.07, 6.45) is 0. The minimum absolute atomic E-state index is 0.0724. The summed E-state index contributed by atoms with van der Waals surface area (Å²) in [4.78, 5) is 1.21. The van der Waals surface area contributed by atoms with Crippen LogP contribution in [0.5, 0.6) is 0 Å². The van der Waals surface area contributed by atoms with Crippen LogP contribution in [0.1, 0.15) is 29.4 Å². The van der Waals surface area contributed by atoms with Crippen molar-refractivity contribution in [2.45, 2.75) is 19.6 Å². The first-order chi connectivity index (χ1) is 9.15. The predicted molar refractivity (Wildman–Crippen MR) is 84.7 cm³/mol. The molecule has 6 heteroatoms. The lowest BCUT2D eigenvalue weighted by atomic mass is 10.2. The van der Waals surface area contributed by atoms with Crippen molar-refractivity contribution >= 4 is 43.2 Å². The van der Waals surface area contributed by atoms with Gasteiger partial charge < -0.3 is 14.5 Å². The highest BCUT2D eigenvalue weighted by molar-refractivity contribution is 9.13. The van der Waals surface area contributed by atoms with Gasteiger partial charge in [-0.2, -0.15) is 0 Å². The first-order valence-corrected chi connectivity index (χ1v) is 8.31. The molecule has 2 aromatic rings. The van der Waals surface area contributed by atoms with E-state index in [1.807, 2.05) is 12.1 Å². The number of thiophene rings is 1. The molecule has 0 aliphatic carbocycles. The van der Waals surface area contributed by atoms with Crippen LogP contribution in [-0.4, -0.2) is 13.7 Å². The molecule has 1 unspecified atom stereocenters. The molecule has 0 aliphatic rings. The quantitative estimate of drug-likeness (QED) is 0.751. The highest BCUT2D eigenvalue weighted by atomic mass is 79.9. The third kappa shape index (κ3) is 3.70. The Balaban J connectivity index is 2.27. The van der Waals surface area contributed by atoms with Gasteiger partial charge in [-0.25, -0.2) is 0 Å². The summed E-state index contributed by atoms with van der Waals surface area (Å²) in [5.41, 5.74) is 0. The maximum Gasteiger partial charge on any atom is 0.129 e. The lowest BCUT2D eigenvalue weighted by molar-refractivity contribution is 0.162. The van der Waals surface area contributed by atoms with Crippen LogP contribution < -0.4 is 5.32 Å². The number of furan rings is 1. The molecule has 0 saturated heterocycles. The van der Waals surface area contributed by atoms with Gasteiger partial charge in [-0.15, -0.1) is 11.3 Å².